The summed E-state index contributed by atoms with van der Waals surface area (Å²) in [5.41, 5.74) is 5.70. The molecule has 0 unspecified atom stereocenters. The van der Waals surface area contributed by atoms with Crippen molar-refractivity contribution in [2.45, 2.75) is 58.8 Å². The Hall–Kier alpha value is -2.72. The summed E-state index contributed by atoms with van der Waals surface area (Å²) in [5.74, 6) is 0.876. The maximum absolute atomic E-state index is 12.8. The van der Waals surface area contributed by atoms with Gasteiger partial charge in [0.2, 0.25) is 5.91 Å². The number of rotatable bonds is 8. The zero-order valence-corrected chi connectivity index (χ0v) is 19.7. The van der Waals surface area contributed by atoms with Crippen molar-refractivity contribution in [1.29, 1.82) is 0 Å². The number of carbonyl (C=O) groups excluding carboxylic acids is 1. The third kappa shape index (κ3) is 5.02. The predicted octanol–water partition coefficient (Wildman–Crippen LogP) is 7.02. The van der Waals surface area contributed by atoms with Crippen LogP contribution >= 0.6 is 11.6 Å². The number of benzene rings is 2. The first kappa shape index (κ1) is 22.5. The van der Waals surface area contributed by atoms with Gasteiger partial charge < -0.3 is 0 Å². The second-order valence-electron chi connectivity index (χ2n) is 8.52. The summed E-state index contributed by atoms with van der Waals surface area (Å²) in [6.45, 7) is 4.99. The number of hydrogen-bond donors (Lipinski definition) is 0. The first-order valence-electron chi connectivity index (χ1n) is 11.6. The molecule has 0 N–H and O–H groups in total. The number of carbonyl (C=O) groups is 1. The standard InChI is InChI=1S/C27H30ClN3O/c1-3-4-5-6-7-18-31-24(32)17-16-23-27(31)30-26(20-10-8-19(2)9-11-20)25(29-23)21-12-14-22(28)15-13-21/h8-15H,3-7,16-18H2,1-2H3. The summed E-state index contributed by atoms with van der Waals surface area (Å²) in [6.07, 6.45) is 6.90. The zero-order chi connectivity index (χ0) is 22.5. The summed E-state index contributed by atoms with van der Waals surface area (Å²) in [5, 5.41) is 0.691. The van der Waals surface area contributed by atoms with E-state index in [0.29, 0.717) is 24.4 Å². The van der Waals surface area contributed by atoms with Gasteiger partial charge in [-0.15, -0.1) is 0 Å². The molecule has 4 rings (SSSR count). The molecular formula is C27H30ClN3O. The van der Waals surface area contributed by atoms with E-state index in [4.69, 9.17) is 21.6 Å². The minimum absolute atomic E-state index is 0.149. The number of halogens is 1. The van der Waals surface area contributed by atoms with Crippen molar-refractivity contribution in [2.24, 2.45) is 0 Å². The van der Waals surface area contributed by atoms with E-state index in [1.807, 2.05) is 29.2 Å². The van der Waals surface area contributed by atoms with Crippen molar-refractivity contribution in [3.05, 3.63) is 64.8 Å². The first-order valence-corrected chi connectivity index (χ1v) is 12.0. The lowest BCUT2D eigenvalue weighted by atomic mass is 10.0. The van der Waals surface area contributed by atoms with Crippen LogP contribution in [-0.4, -0.2) is 22.4 Å². The Morgan fingerprint density at radius 3 is 2.16 bits per heavy atom. The lowest BCUT2D eigenvalue weighted by molar-refractivity contribution is -0.119. The molecule has 0 bridgehead atoms. The number of unbranched alkanes of at least 4 members (excludes halogenated alkanes) is 4. The second-order valence-corrected chi connectivity index (χ2v) is 8.96. The van der Waals surface area contributed by atoms with Gasteiger partial charge in [0, 0.05) is 35.5 Å². The minimum Gasteiger partial charge on any atom is -0.295 e. The number of hydrogen-bond acceptors (Lipinski definition) is 3. The minimum atomic E-state index is 0.149. The maximum atomic E-state index is 12.8. The number of aromatic nitrogens is 2. The van der Waals surface area contributed by atoms with E-state index in [2.05, 4.69) is 38.1 Å². The molecule has 0 saturated carbocycles. The highest BCUT2D eigenvalue weighted by Crippen LogP contribution is 2.35. The van der Waals surface area contributed by atoms with Gasteiger partial charge in [-0.2, -0.15) is 0 Å². The Kier molecular flexibility index (Phi) is 7.21. The van der Waals surface area contributed by atoms with E-state index >= 15 is 0 Å². The van der Waals surface area contributed by atoms with E-state index in [1.54, 1.807) is 0 Å². The largest absolute Gasteiger partial charge is 0.295 e. The topological polar surface area (TPSA) is 46.1 Å². The van der Waals surface area contributed by atoms with E-state index in [-0.39, 0.29) is 5.91 Å². The maximum Gasteiger partial charge on any atom is 0.228 e. The van der Waals surface area contributed by atoms with Gasteiger partial charge in [-0.3, -0.25) is 9.69 Å². The number of amides is 1. The Labute approximate surface area is 195 Å². The number of nitrogens with zero attached hydrogens (tertiary/aromatic N) is 3. The van der Waals surface area contributed by atoms with E-state index in [1.165, 1.54) is 24.8 Å². The summed E-state index contributed by atoms with van der Waals surface area (Å²) < 4.78 is 0. The van der Waals surface area contributed by atoms with Gasteiger partial charge in [0.1, 0.15) is 0 Å². The highest BCUT2D eigenvalue weighted by molar-refractivity contribution is 6.30. The molecule has 0 radical (unpaired) electrons. The van der Waals surface area contributed by atoms with Crippen molar-refractivity contribution >= 4 is 23.3 Å². The summed E-state index contributed by atoms with van der Waals surface area (Å²) in [4.78, 5) is 24.8. The molecule has 1 amide bonds. The van der Waals surface area contributed by atoms with Crippen LogP contribution in [0.4, 0.5) is 5.82 Å². The van der Waals surface area contributed by atoms with Crippen LogP contribution in [0.3, 0.4) is 0 Å². The summed E-state index contributed by atoms with van der Waals surface area (Å²) in [7, 11) is 0. The van der Waals surface area contributed by atoms with Gasteiger partial charge in [-0.25, -0.2) is 9.97 Å². The molecular weight excluding hydrogens is 418 g/mol. The third-order valence-corrected chi connectivity index (χ3v) is 6.26. The second kappa shape index (κ2) is 10.3. The lowest BCUT2D eigenvalue weighted by Crippen LogP contribution is -2.37. The quantitative estimate of drug-likeness (QED) is 0.348. The number of fused-ring (bicyclic) bond motifs is 1. The van der Waals surface area contributed by atoms with Crippen LogP contribution < -0.4 is 4.90 Å². The van der Waals surface area contributed by atoms with Gasteiger partial charge >= 0.3 is 0 Å². The van der Waals surface area contributed by atoms with Gasteiger partial charge in [0.05, 0.1) is 17.1 Å². The average molecular weight is 448 g/mol. The van der Waals surface area contributed by atoms with Crippen molar-refractivity contribution in [3.8, 4) is 22.5 Å². The van der Waals surface area contributed by atoms with Crippen molar-refractivity contribution in [1.82, 2.24) is 9.97 Å². The van der Waals surface area contributed by atoms with Gasteiger partial charge in [-0.05, 0) is 25.5 Å². The van der Waals surface area contributed by atoms with Crippen LogP contribution in [0, 0.1) is 6.92 Å². The van der Waals surface area contributed by atoms with Crippen molar-refractivity contribution < 1.29 is 4.79 Å². The molecule has 1 aromatic heterocycles. The average Bonchev–Trinajstić information content (AvgIpc) is 2.80. The molecule has 2 aromatic carbocycles. The molecule has 0 atom stereocenters. The van der Waals surface area contributed by atoms with Crippen molar-refractivity contribution in [3.63, 3.8) is 0 Å². The SMILES string of the molecule is CCCCCCCN1C(=O)CCc2nc(-c3ccc(Cl)cc3)c(-c3ccc(C)cc3)nc21. The predicted molar refractivity (Wildman–Crippen MR) is 132 cm³/mol. The molecule has 1 aliphatic heterocycles. The number of aryl methyl sites for hydroxylation is 2. The molecule has 1 aliphatic rings. The van der Waals surface area contributed by atoms with Gasteiger partial charge in [-0.1, -0.05) is 86.2 Å². The van der Waals surface area contributed by atoms with Crippen LogP contribution in [0.1, 0.15) is 56.7 Å². The molecule has 0 aliphatic carbocycles. The molecule has 0 fully saturated rings. The van der Waals surface area contributed by atoms with Gasteiger partial charge in [0.25, 0.3) is 0 Å². The molecule has 4 nitrogen and oxygen atoms in total. The molecule has 3 aromatic rings. The highest BCUT2D eigenvalue weighted by Gasteiger charge is 2.28. The molecule has 5 heteroatoms. The van der Waals surface area contributed by atoms with Crippen LogP contribution in [0.2, 0.25) is 5.02 Å². The first-order chi connectivity index (χ1) is 15.6. The van der Waals surface area contributed by atoms with Crippen LogP contribution in [0.15, 0.2) is 48.5 Å². The summed E-state index contributed by atoms with van der Waals surface area (Å²) >= 11 is 6.12. The van der Waals surface area contributed by atoms with Crippen LogP contribution in [0.25, 0.3) is 22.5 Å². The van der Waals surface area contributed by atoms with Crippen molar-refractivity contribution in [2.75, 3.05) is 11.4 Å². The van der Waals surface area contributed by atoms with Crippen LogP contribution in [0.5, 0.6) is 0 Å². The van der Waals surface area contributed by atoms with Gasteiger partial charge in [0.15, 0.2) is 5.82 Å². The fourth-order valence-electron chi connectivity index (χ4n) is 4.15. The smallest absolute Gasteiger partial charge is 0.228 e. The van der Waals surface area contributed by atoms with E-state index in [0.717, 1.165) is 46.9 Å². The molecule has 2 heterocycles. The lowest BCUT2D eigenvalue weighted by Gasteiger charge is -2.29. The normalized spacial score (nSPS) is 13.3. The highest BCUT2D eigenvalue weighted by atomic mass is 35.5. The van der Waals surface area contributed by atoms with E-state index < -0.39 is 0 Å². The van der Waals surface area contributed by atoms with E-state index in [9.17, 15) is 4.79 Å². The Balaban J connectivity index is 1.75. The molecule has 166 valence electrons. The summed E-state index contributed by atoms with van der Waals surface area (Å²) in [6, 6.07) is 16.0. The third-order valence-electron chi connectivity index (χ3n) is 6.01. The molecule has 0 spiro atoms. The zero-order valence-electron chi connectivity index (χ0n) is 18.9. The fourth-order valence-corrected chi connectivity index (χ4v) is 4.28. The monoisotopic (exact) mass is 447 g/mol. The molecule has 0 saturated heterocycles. The Morgan fingerprint density at radius 1 is 0.844 bits per heavy atom. The Morgan fingerprint density at radius 2 is 1.47 bits per heavy atom. The number of anilines is 1. The molecule has 32 heavy (non-hydrogen) atoms. The fraction of sp³-hybridized carbons (Fsp3) is 0.370. The Bertz CT molecular complexity index is 1080. The van der Waals surface area contributed by atoms with Crippen LogP contribution in [-0.2, 0) is 11.2 Å².